The summed E-state index contributed by atoms with van der Waals surface area (Å²) >= 11 is 0. The lowest BCUT2D eigenvalue weighted by Gasteiger charge is -2.34. The molecule has 0 spiro atoms. The molecule has 0 aliphatic carbocycles. The van der Waals surface area contributed by atoms with E-state index in [1.165, 1.54) is 6.07 Å². The number of ether oxygens (including phenoxy) is 2. The van der Waals surface area contributed by atoms with Crippen molar-refractivity contribution in [1.29, 1.82) is 0 Å². The minimum atomic E-state index is -0.967. The maximum absolute atomic E-state index is 13.0. The number of benzene rings is 1. The summed E-state index contributed by atoms with van der Waals surface area (Å²) in [6.07, 6.45) is 1.19. The van der Waals surface area contributed by atoms with Crippen LogP contribution in [-0.2, 0) is 9.53 Å². The summed E-state index contributed by atoms with van der Waals surface area (Å²) in [4.78, 5) is 12.2. The van der Waals surface area contributed by atoms with Crippen molar-refractivity contribution < 1.29 is 23.0 Å². The summed E-state index contributed by atoms with van der Waals surface area (Å²) in [6.45, 7) is 1.74. The molecule has 1 aromatic rings. The van der Waals surface area contributed by atoms with Crippen molar-refractivity contribution in [3.63, 3.8) is 0 Å². The van der Waals surface area contributed by atoms with Crippen LogP contribution in [0.1, 0.15) is 12.8 Å². The first-order valence-electron chi connectivity index (χ1n) is 7.21. The standard InChI is InChI=1S/C15H20F2N2O3/c16-12-2-1-11(9-13(12)17)22-8-5-19-14(20)15(10-18)3-6-21-7-4-15/h1-2,9H,3-8,10,18H2,(H,19,20). The Balaban J connectivity index is 1.77. The lowest BCUT2D eigenvalue weighted by Crippen LogP contribution is -2.49. The Morgan fingerprint density at radius 1 is 1.32 bits per heavy atom. The van der Waals surface area contributed by atoms with E-state index < -0.39 is 17.0 Å². The molecule has 1 heterocycles. The summed E-state index contributed by atoms with van der Waals surface area (Å²) in [6, 6.07) is 3.30. The predicted molar refractivity (Wildman–Crippen MR) is 76.4 cm³/mol. The fraction of sp³-hybridized carbons (Fsp3) is 0.533. The molecule has 3 N–H and O–H groups in total. The van der Waals surface area contributed by atoms with E-state index in [-0.39, 0.29) is 31.4 Å². The van der Waals surface area contributed by atoms with Gasteiger partial charge in [0.15, 0.2) is 11.6 Å². The van der Waals surface area contributed by atoms with Gasteiger partial charge in [-0.25, -0.2) is 8.78 Å². The molecule has 0 atom stereocenters. The van der Waals surface area contributed by atoms with Crippen LogP contribution in [-0.4, -0.2) is 38.8 Å². The molecule has 2 rings (SSSR count). The van der Waals surface area contributed by atoms with E-state index in [1.807, 2.05) is 0 Å². The topological polar surface area (TPSA) is 73.6 Å². The van der Waals surface area contributed by atoms with Gasteiger partial charge in [-0.2, -0.15) is 0 Å². The molecule has 1 aromatic carbocycles. The molecule has 1 aliphatic heterocycles. The molecular weight excluding hydrogens is 294 g/mol. The second-order valence-electron chi connectivity index (χ2n) is 5.28. The average molecular weight is 314 g/mol. The molecule has 0 radical (unpaired) electrons. The molecule has 1 fully saturated rings. The largest absolute Gasteiger partial charge is 0.492 e. The van der Waals surface area contributed by atoms with Gasteiger partial charge in [0, 0.05) is 25.8 Å². The third-order valence-electron chi connectivity index (χ3n) is 3.87. The lowest BCUT2D eigenvalue weighted by atomic mass is 9.79. The molecule has 1 saturated heterocycles. The van der Waals surface area contributed by atoms with Crippen LogP contribution in [0.2, 0.25) is 0 Å². The van der Waals surface area contributed by atoms with Crippen molar-refractivity contribution in [1.82, 2.24) is 5.32 Å². The zero-order valence-corrected chi connectivity index (χ0v) is 12.2. The van der Waals surface area contributed by atoms with Crippen LogP contribution >= 0.6 is 0 Å². The van der Waals surface area contributed by atoms with E-state index in [0.29, 0.717) is 26.1 Å². The van der Waals surface area contributed by atoms with Crippen molar-refractivity contribution in [3.8, 4) is 5.75 Å². The first kappa shape index (κ1) is 16.6. The van der Waals surface area contributed by atoms with E-state index in [4.69, 9.17) is 15.2 Å². The number of hydrogen-bond acceptors (Lipinski definition) is 4. The highest BCUT2D eigenvalue weighted by Crippen LogP contribution is 2.29. The fourth-order valence-electron chi connectivity index (χ4n) is 2.37. The van der Waals surface area contributed by atoms with Gasteiger partial charge in [0.25, 0.3) is 0 Å². The Bertz CT molecular complexity index is 520. The quantitative estimate of drug-likeness (QED) is 0.774. The van der Waals surface area contributed by atoms with Crippen LogP contribution in [0.25, 0.3) is 0 Å². The molecule has 1 amide bonds. The monoisotopic (exact) mass is 314 g/mol. The molecule has 22 heavy (non-hydrogen) atoms. The number of nitrogens with one attached hydrogen (secondary N) is 1. The molecule has 7 heteroatoms. The number of hydrogen-bond donors (Lipinski definition) is 2. The van der Waals surface area contributed by atoms with Crippen LogP contribution < -0.4 is 15.8 Å². The average Bonchev–Trinajstić information content (AvgIpc) is 2.55. The van der Waals surface area contributed by atoms with Gasteiger partial charge in [-0.05, 0) is 25.0 Å². The Kier molecular flexibility index (Phi) is 5.68. The summed E-state index contributed by atoms with van der Waals surface area (Å²) in [7, 11) is 0. The van der Waals surface area contributed by atoms with Crippen LogP contribution in [0.3, 0.4) is 0 Å². The highest BCUT2D eigenvalue weighted by molar-refractivity contribution is 5.83. The number of carbonyl (C=O) groups is 1. The Morgan fingerprint density at radius 2 is 2.05 bits per heavy atom. The molecule has 5 nitrogen and oxygen atoms in total. The van der Waals surface area contributed by atoms with Gasteiger partial charge in [-0.3, -0.25) is 4.79 Å². The molecule has 0 unspecified atom stereocenters. The summed E-state index contributed by atoms with van der Waals surface area (Å²) in [5, 5.41) is 2.77. The molecule has 0 saturated carbocycles. The fourth-order valence-corrected chi connectivity index (χ4v) is 2.37. The number of halogens is 2. The highest BCUT2D eigenvalue weighted by Gasteiger charge is 2.38. The molecular formula is C15H20F2N2O3. The normalized spacial score (nSPS) is 17.0. The molecule has 0 bridgehead atoms. The Hall–Kier alpha value is -1.73. The van der Waals surface area contributed by atoms with E-state index >= 15 is 0 Å². The Labute approximate surface area is 127 Å². The number of carbonyl (C=O) groups excluding carboxylic acids is 1. The van der Waals surface area contributed by atoms with Gasteiger partial charge in [0.1, 0.15) is 12.4 Å². The first-order valence-corrected chi connectivity index (χ1v) is 7.21. The van der Waals surface area contributed by atoms with Gasteiger partial charge in [-0.1, -0.05) is 0 Å². The minimum absolute atomic E-state index is 0.118. The Morgan fingerprint density at radius 3 is 2.68 bits per heavy atom. The third kappa shape index (κ3) is 3.92. The van der Waals surface area contributed by atoms with Gasteiger partial charge in [-0.15, -0.1) is 0 Å². The summed E-state index contributed by atoms with van der Waals surface area (Å²) < 4.78 is 36.3. The minimum Gasteiger partial charge on any atom is -0.492 e. The smallest absolute Gasteiger partial charge is 0.227 e. The van der Waals surface area contributed by atoms with E-state index in [9.17, 15) is 13.6 Å². The molecule has 122 valence electrons. The van der Waals surface area contributed by atoms with Gasteiger partial charge in [0.2, 0.25) is 5.91 Å². The molecule has 1 aliphatic rings. The van der Waals surface area contributed by atoms with E-state index in [0.717, 1.165) is 12.1 Å². The van der Waals surface area contributed by atoms with E-state index in [2.05, 4.69) is 5.32 Å². The summed E-state index contributed by atoms with van der Waals surface area (Å²) in [5.74, 6) is -1.80. The van der Waals surface area contributed by atoms with Gasteiger partial charge < -0.3 is 20.5 Å². The third-order valence-corrected chi connectivity index (χ3v) is 3.87. The second kappa shape index (κ2) is 7.51. The number of amides is 1. The second-order valence-corrected chi connectivity index (χ2v) is 5.28. The number of nitrogens with two attached hydrogens (primary N) is 1. The predicted octanol–water partition coefficient (Wildman–Crippen LogP) is 1.22. The van der Waals surface area contributed by atoms with Crippen LogP contribution in [0, 0.1) is 17.0 Å². The summed E-state index contributed by atoms with van der Waals surface area (Å²) in [5.41, 5.74) is 5.16. The zero-order valence-electron chi connectivity index (χ0n) is 12.2. The van der Waals surface area contributed by atoms with Crippen molar-refractivity contribution >= 4 is 5.91 Å². The van der Waals surface area contributed by atoms with Gasteiger partial charge in [0.05, 0.1) is 12.0 Å². The van der Waals surface area contributed by atoms with E-state index in [1.54, 1.807) is 0 Å². The maximum atomic E-state index is 13.0. The lowest BCUT2D eigenvalue weighted by molar-refractivity contribution is -0.136. The van der Waals surface area contributed by atoms with Gasteiger partial charge >= 0.3 is 0 Å². The SMILES string of the molecule is NCC1(C(=O)NCCOc2ccc(F)c(F)c2)CCOCC1. The molecule has 0 aromatic heterocycles. The highest BCUT2D eigenvalue weighted by atomic mass is 19.2. The van der Waals surface area contributed by atoms with Crippen LogP contribution in [0.15, 0.2) is 18.2 Å². The van der Waals surface area contributed by atoms with Crippen molar-refractivity contribution in [3.05, 3.63) is 29.8 Å². The number of rotatable bonds is 6. The van der Waals surface area contributed by atoms with Crippen molar-refractivity contribution in [2.45, 2.75) is 12.8 Å². The zero-order chi connectivity index (χ0) is 16.0. The van der Waals surface area contributed by atoms with Crippen molar-refractivity contribution in [2.24, 2.45) is 11.1 Å². The first-order chi connectivity index (χ1) is 10.6. The maximum Gasteiger partial charge on any atom is 0.227 e. The van der Waals surface area contributed by atoms with Crippen LogP contribution in [0.4, 0.5) is 8.78 Å². The van der Waals surface area contributed by atoms with Crippen molar-refractivity contribution in [2.75, 3.05) is 32.9 Å². The van der Waals surface area contributed by atoms with Crippen LogP contribution in [0.5, 0.6) is 5.75 Å².